The van der Waals surface area contributed by atoms with Gasteiger partial charge in [-0.1, -0.05) is 11.6 Å². The second kappa shape index (κ2) is 8.76. The summed E-state index contributed by atoms with van der Waals surface area (Å²) in [6, 6.07) is 5.41. The number of pyridine rings is 3. The van der Waals surface area contributed by atoms with Crippen LogP contribution in [0.1, 0.15) is 10.4 Å². The third-order valence-corrected chi connectivity index (χ3v) is 6.14. The first-order valence-corrected chi connectivity index (χ1v) is 11.0. The molecule has 9 nitrogen and oxygen atoms in total. The monoisotopic (exact) mass is 462 g/mol. The van der Waals surface area contributed by atoms with Crippen molar-refractivity contribution < 1.29 is 4.79 Å². The van der Waals surface area contributed by atoms with Crippen LogP contribution in [-0.4, -0.2) is 68.8 Å². The molecule has 168 valence electrons. The lowest BCUT2D eigenvalue weighted by molar-refractivity contribution is 0.102. The fraction of sp³-hybridized carbons (Fsp3) is 0.261. The van der Waals surface area contributed by atoms with E-state index in [9.17, 15) is 4.79 Å². The topological polar surface area (TPSA) is 92.1 Å². The molecule has 0 saturated carbocycles. The van der Waals surface area contributed by atoms with Gasteiger partial charge in [0.2, 0.25) is 0 Å². The molecule has 33 heavy (non-hydrogen) atoms. The molecular weight excluding hydrogens is 440 g/mol. The SMILES string of the molecule is CN1CCN(c2nccc(C(=O)Nc3cc4cc(-c5cnn(C)c5)ncc4cn3)c2Cl)CC1. The van der Waals surface area contributed by atoms with Gasteiger partial charge < -0.3 is 15.1 Å². The van der Waals surface area contributed by atoms with E-state index in [1.807, 2.05) is 25.4 Å². The van der Waals surface area contributed by atoms with Crippen molar-refractivity contribution in [2.24, 2.45) is 7.05 Å². The maximum Gasteiger partial charge on any atom is 0.258 e. The van der Waals surface area contributed by atoms with E-state index in [1.165, 1.54) is 0 Å². The van der Waals surface area contributed by atoms with Crippen molar-refractivity contribution in [3.8, 4) is 11.3 Å². The number of aromatic nitrogens is 5. The van der Waals surface area contributed by atoms with Gasteiger partial charge in [0, 0.05) is 69.0 Å². The zero-order chi connectivity index (χ0) is 22.9. The minimum atomic E-state index is -0.328. The van der Waals surface area contributed by atoms with Crippen LogP contribution in [0.25, 0.3) is 22.0 Å². The van der Waals surface area contributed by atoms with E-state index >= 15 is 0 Å². The van der Waals surface area contributed by atoms with Crippen molar-refractivity contribution >= 4 is 39.9 Å². The summed E-state index contributed by atoms with van der Waals surface area (Å²) in [7, 11) is 3.95. The van der Waals surface area contributed by atoms with Gasteiger partial charge in [-0.2, -0.15) is 5.10 Å². The molecule has 0 bridgehead atoms. The van der Waals surface area contributed by atoms with E-state index in [1.54, 1.807) is 35.5 Å². The van der Waals surface area contributed by atoms with Crippen molar-refractivity contribution in [3.63, 3.8) is 0 Å². The number of anilines is 2. The number of likely N-dealkylation sites (N-methyl/N-ethyl adjacent to an activating group) is 1. The number of aryl methyl sites for hydroxylation is 1. The predicted molar refractivity (Wildman–Crippen MR) is 129 cm³/mol. The molecule has 1 saturated heterocycles. The van der Waals surface area contributed by atoms with Crippen molar-refractivity contribution in [1.29, 1.82) is 0 Å². The lowest BCUT2D eigenvalue weighted by atomic mass is 10.1. The zero-order valence-electron chi connectivity index (χ0n) is 18.4. The fourth-order valence-corrected chi connectivity index (χ4v) is 4.17. The van der Waals surface area contributed by atoms with Crippen LogP contribution in [0.3, 0.4) is 0 Å². The van der Waals surface area contributed by atoms with Crippen LogP contribution in [-0.2, 0) is 7.05 Å². The van der Waals surface area contributed by atoms with Crippen LogP contribution >= 0.6 is 11.6 Å². The van der Waals surface area contributed by atoms with Crippen LogP contribution < -0.4 is 10.2 Å². The molecule has 4 aromatic heterocycles. The molecule has 0 radical (unpaired) electrons. The van der Waals surface area contributed by atoms with Gasteiger partial charge in [0.15, 0.2) is 0 Å². The van der Waals surface area contributed by atoms with Crippen LogP contribution in [0.4, 0.5) is 11.6 Å². The highest BCUT2D eigenvalue weighted by Gasteiger charge is 2.22. The molecule has 1 N–H and O–H groups in total. The summed E-state index contributed by atoms with van der Waals surface area (Å²) in [5.74, 6) is 0.743. The number of rotatable bonds is 4. The van der Waals surface area contributed by atoms with Crippen LogP contribution in [0, 0.1) is 0 Å². The number of hydrogen-bond donors (Lipinski definition) is 1. The highest BCUT2D eigenvalue weighted by molar-refractivity contribution is 6.36. The Morgan fingerprint density at radius 3 is 2.55 bits per heavy atom. The Hall–Kier alpha value is -3.56. The van der Waals surface area contributed by atoms with Crippen molar-refractivity contribution in [2.75, 3.05) is 43.4 Å². The van der Waals surface area contributed by atoms with Gasteiger partial charge in [0.1, 0.15) is 11.6 Å². The van der Waals surface area contributed by atoms with Gasteiger partial charge in [0.25, 0.3) is 5.91 Å². The Labute approximate surface area is 196 Å². The number of halogens is 1. The fourth-order valence-electron chi connectivity index (χ4n) is 3.85. The van der Waals surface area contributed by atoms with E-state index in [-0.39, 0.29) is 5.91 Å². The predicted octanol–water partition coefficient (Wildman–Crippen LogP) is 3.08. The van der Waals surface area contributed by atoms with Gasteiger partial charge in [-0.05, 0) is 30.6 Å². The Morgan fingerprint density at radius 1 is 1.00 bits per heavy atom. The summed E-state index contributed by atoms with van der Waals surface area (Å²) in [6.45, 7) is 3.47. The van der Waals surface area contributed by atoms with E-state index in [0.717, 1.165) is 48.2 Å². The highest BCUT2D eigenvalue weighted by Crippen LogP contribution is 2.29. The van der Waals surface area contributed by atoms with Gasteiger partial charge in [-0.3, -0.25) is 14.5 Å². The molecule has 10 heteroatoms. The quantitative estimate of drug-likeness (QED) is 0.498. The second-order valence-electron chi connectivity index (χ2n) is 8.13. The molecule has 1 aliphatic heterocycles. The minimum absolute atomic E-state index is 0.328. The molecule has 0 unspecified atom stereocenters. The zero-order valence-corrected chi connectivity index (χ0v) is 19.1. The number of piperazine rings is 1. The standard InChI is InChI=1S/C23H23ClN8O/c1-30-5-7-32(8-6-30)22-21(24)18(3-4-25-22)23(33)29-20-10-15-9-19(17-13-28-31(2)14-17)26-11-16(15)12-27-20/h3-4,9-14H,5-8H2,1-2H3,(H,27,29,33). The van der Waals surface area contributed by atoms with Crippen molar-refractivity contribution in [1.82, 2.24) is 29.6 Å². The summed E-state index contributed by atoms with van der Waals surface area (Å²) >= 11 is 6.61. The van der Waals surface area contributed by atoms with E-state index in [4.69, 9.17) is 11.6 Å². The summed E-state index contributed by atoms with van der Waals surface area (Å²) in [5.41, 5.74) is 2.09. The molecule has 5 heterocycles. The average molecular weight is 463 g/mol. The third-order valence-electron chi connectivity index (χ3n) is 5.76. The first-order chi connectivity index (χ1) is 16.0. The molecule has 0 aliphatic carbocycles. The number of fused-ring (bicyclic) bond motifs is 1. The molecular formula is C23H23ClN8O. The molecule has 1 fully saturated rings. The van der Waals surface area contributed by atoms with E-state index in [0.29, 0.717) is 22.2 Å². The first-order valence-electron chi connectivity index (χ1n) is 10.6. The maximum absolute atomic E-state index is 13.0. The van der Waals surface area contributed by atoms with Crippen LogP contribution in [0.15, 0.2) is 49.2 Å². The molecule has 5 rings (SSSR count). The lowest BCUT2D eigenvalue weighted by Crippen LogP contribution is -2.45. The van der Waals surface area contributed by atoms with Gasteiger partial charge >= 0.3 is 0 Å². The normalized spacial score (nSPS) is 14.6. The second-order valence-corrected chi connectivity index (χ2v) is 8.51. The molecule has 1 aliphatic rings. The average Bonchev–Trinajstić information content (AvgIpc) is 3.25. The first kappa shape index (κ1) is 21.3. The molecule has 0 atom stereocenters. The minimum Gasteiger partial charge on any atom is -0.353 e. The Balaban J connectivity index is 1.39. The Morgan fingerprint density at radius 2 is 1.79 bits per heavy atom. The number of amides is 1. The number of nitrogens with one attached hydrogen (secondary N) is 1. The summed E-state index contributed by atoms with van der Waals surface area (Å²) in [4.78, 5) is 30.7. The number of carbonyl (C=O) groups excluding carboxylic acids is 1. The lowest BCUT2D eigenvalue weighted by Gasteiger charge is -2.33. The summed E-state index contributed by atoms with van der Waals surface area (Å²) < 4.78 is 1.73. The van der Waals surface area contributed by atoms with Gasteiger partial charge in [-0.15, -0.1) is 0 Å². The number of carbonyl (C=O) groups is 1. The molecule has 1 amide bonds. The van der Waals surface area contributed by atoms with E-state index < -0.39 is 0 Å². The van der Waals surface area contributed by atoms with Crippen molar-refractivity contribution in [3.05, 3.63) is 59.8 Å². The third kappa shape index (κ3) is 4.37. The Kier molecular flexibility index (Phi) is 5.65. The Bertz CT molecular complexity index is 1330. The number of hydrogen-bond acceptors (Lipinski definition) is 7. The van der Waals surface area contributed by atoms with Gasteiger partial charge in [0.05, 0.1) is 22.5 Å². The molecule has 4 aromatic rings. The molecule has 0 spiro atoms. The van der Waals surface area contributed by atoms with Crippen molar-refractivity contribution in [2.45, 2.75) is 0 Å². The van der Waals surface area contributed by atoms with Crippen LogP contribution in [0.5, 0.6) is 0 Å². The van der Waals surface area contributed by atoms with Gasteiger partial charge in [-0.25, -0.2) is 9.97 Å². The van der Waals surface area contributed by atoms with Crippen LogP contribution in [0.2, 0.25) is 5.02 Å². The smallest absolute Gasteiger partial charge is 0.258 e. The number of nitrogens with zero attached hydrogens (tertiary/aromatic N) is 7. The highest BCUT2D eigenvalue weighted by atomic mass is 35.5. The summed E-state index contributed by atoms with van der Waals surface area (Å²) in [6.07, 6.45) is 8.74. The van der Waals surface area contributed by atoms with E-state index in [2.05, 4.69) is 42.2 Å². The largest absolute Gasteiger partial charge is 0.353 e. The summed E-state index contributed by atoms with van der Waals surface area (Å²) in [5, 5.41) is 9.20. The maximum atomic E-state index is 13.0. The molecule has 0 aromatic carbocycles.